The number of carbonyl (C=O) groups excluding carboxylic acids is 1. The Morgan fingerprint density at radius 2 is 1.92 bits per heavy atom. The van der Waals surface area contributed by atoms with Gasteiger partial charge in [0.1, 0.15) is 6.20 Å². The van der Waals surface area contributed by atoms with Gasteiger partial charge < -0.3 is 20.0 Å². The minimum absolute atomic E-state index is 0.0296. The molecule has 1 N–H and O–H groups in total. The molecule has 7 heteroatoms. The van der Waals surface area contributed by atoms with Crippen LogP contribution >= 0.6 is 0 Å². The fraction of sp³-hybridized carbons (Fsp3) is 0.765. The molecule has 0 aromatic carbocycles. The maximum Gasteiger partial charge on any atom is 0.381 e. The van der Waals surface area contributed by atoms with E-state index in [0.717, 1.165) is 37.0 Å². The average molecular weight is 332 g/mol. The van der Waals surface area contributed by atoms with Crippen molar-refractivity contribution >= 4 is 11.7 Å². The summed E-state index contributed by atoms with van der Waals surface area (Å²) in [4.78, 5) is 26.6. The smallest absolute Gasteiger partial charge is 0.358 e. The summed E-state index contributed by atoms with van der Waals surface area (Å²) in [5.74, 6) is 2.88. The number of imidazole rings is 1. The lowest BCUT2D eigenvalue weighted by Gasteiger charge is -2.56. The third kappa shape index (κ3) is 2.80. The van der Waals surface area contributed by atoms with Gasteiger partial charge in [-0.05, 0) is 66.2 Å². The molecular weight excluding hydrogens is 308 g/mol. The number of carbonyl (C=O) groups is 1. The minimum atomic E-state index is -0.501. The Balaban J connectivity index is 1.36. The van der Waals surface area contributed by atoms with Gasteiger partial charge in [-0.2, -0.15) is 0 Å². The van der Waals surface area contributed by atoms with E-state index in [1.807, 2.05) is 0 Å². The fourth-order valence-corrected chi connectivity index (χ4v) is 5.65. The summed E-state index contributed by atoms with van der Waals surface area (Å²) in [5, 5.41) is 14.1. The van der Waals surface area contributed by atoms with Crippen LogP contribution in [-0.4, -0.2) is 25.9 Å². The Morgan fingerprint density at radius 1 is 1.33 bits per heavy atom. The Morgan fingerprint density at radius 3 is 2.42 bits per heavy atom. The van der Waals surface area contributed by atoms with Gasteiger partial charge in [-0.25, -0.2) is 0 Å². The van der Waals surface area contributed by atoms with E-state index in [-0.39, 0.29) is 17.3 Å². The van der Waals surface area contributed by atoms with E-state index in [0.29, 0.717) is 18.8 Å². The molecule has 7 nitrogen and oxygen atoms in total. The van der Waals surface area contributed by atoms with Crippen LogP contribution in [0, 0.1) is 34.8 Å². The van der Waals surface area contributed by atoms with Crippen molar-refractivity contribution in [2.24, 2.45) is 17.8 Å². The monoisotopic (exact) mass is 332 g/mol. The van der Waals surface area contributed by atoms with Crippen molar-refractivity contribution in [2.45, 2.75) is 64.0 Å². The molecule has 4 aliphatic carbocycles. The van der Waals surface area contributed by atoms with Crippen molar-refractivity contribution in [1.82, 2.24) is 14.9 Å². The number of nitrogens with zero attached hydrogens (tertiary/aromatic N) is 3. The molecule has 1 aromatic rings. The van der Waals surface area contributed by atoms with Gasteiger partial charge in [-0.15, -0.1) is 0 Å². The van der Waals surface area contributed by atoms with E-state index in [2.05, 4.69) is 10.3 Å². The van der Waals surface area contributed by atoms with Gasteiger partial charge in [0, 0.05) is 25.4 Å². The van der Waals surface area contributed by atoms with Crippen molar-refractivity contribution in [1.29, 1.82) is 0 Å². The molecule has 4 saturated carbocycles. The molecule has 4 aliphatic rings. The molecule has 0 radical (unpaired) electrons. The fourth-order valence-electron chi connectivity index (χ4n) is 5.65. The van der Waals surface area contributed by atoms with Crippen LogP contribution in [0.15, 0.2) is 6.20 Å². The second-order valence-corrected chi connectivity index (χ2v) is 8.09. The molecule has 1 amide bonds. The molecule has 0 saturated heterocycles. The lowest BCUT2D eigenvalue weighted by molar-refractivity contribution is -0.389. The third-order valence-corrected chi connectivity index (χ3v) is 6.17. The van der Waals surface area contributed by atoms with Crippen LogP contribution in [0.5, 0.6) is 0 Å². The van der Waals surface area contributed by atoms with Crippen LogP contribution in [-0.2, 0) is 11.3 Å². The van der Waals surface area contributed by atoms with E-state index in [1.54, 1.807) is 11.5 Å². The van der Waals surface area contributed by atoms with Gasteiger partial charge >= 0.3 is 5.82 Å². The zero-order valence-corrected chi connectivity index (χ0v) is 14.0. The molecule has 1 aromatic heterocycles. The zero-order chi connectivity index (χ0) is 16.9. The maximum absolute atomic E-state index is 12.5. The third-order valence-electron chi connectivity index (χ3n) is 6.17. The topological polar surface area (TPSA) is 90.1 Å². The van der Waals surface area contributed by atoms with Crippen LogP contribution in [0.4, 0.5) is 5.82 Å². The number of hydrogen-bond acceptors (Lipinski definition) is 4. The summed E-state index contributed by atoms with van der Waals surface area (Å²) >= 11 is 0. The number of rotatable bonds is 5. The molecule has 0 unspecified atom stereocenters. The number of amides is 1. The quantitative estimate of drug-likeness (QED) is 0.663. The highest BCUT2D eigenvalue weighted by Gasteiger charge is 2.51. The normalized spacial score (nSPS) is 33.6. The first-order valence-corrected chi connectivity index (χ1v) is 8.92. The Hall–Kier alpha value is -1.92. The minimum Gasteiger partial charge on any atom is -0.358 e. The van der Waals surface area contributed by atoms with Gasteiger partial charge in [0.2, 0.25) is 11.7 Å². The van der Waals surface area contributed by atoms with Crippen molar-refractivity contribution in [3.8, 4) is 0 Å². The van der Waals surface area contributed by atoms with Gasteiger partial charge in [-0.1, -0.05) is 0 Å². The highest BCUT2D eigenvalue weighted by molar-refractivity contribution is 5.76. The number of hydrogen-bond donors (Lipinski definition) is 1. The standard InChI is InChI=1S/C17H24N4O3/c1-11-18-15(21(23)24)10-20(11)3-2-16(22)19-17-7-12-4-13(8-17)6-14(5-12)9-17/h10,12-14H,2-9H2,1H3,(H,19,22). The van der Waals surface area contributed by atoms with Crippen LogP contribution in [0.1, 0.15) is 50.8 Å². The van der Waals surface area contributed by atoms with Crippen molar-refractivity contribution in [2.75, 3.05) is 0 Å². The van der Waals surface area contributed by atoms with Gasteiger partial charge in [0.25, 0.3) is 0 Å². The Labute approximate surface area is 141 Å². The SMILES string of the molecule is Cc1nc([N+](=O)[O-])cn1CCC(=O)NC12CC3CC(CC(C3)C1)C2. The highest BCUT2D eigenvalue weighted by Crippen LogP contribution is 2.55. The molecule has 0 aliphatic heterocycles. The summed E-state index contributed by atoms with van der Waals surface area (Å²) in [6.07, 6.45) is 9.23. The largest absolute Gasteiger partial charge is 0.381 e. The predicted octanol–water partition coefficient (Wildman–Crippen LogP) is 2.57. The lowest BCUT2D eigenvalue weighted by Crippen LogP contribution is -2.59. The molecule has 1 heterocycles. The molecule has 4 fully saturated rings. The van der Waals surface area contributed by atoms with E-state index in [4.69, 9.17) is 0 Å². The predicted molar refractivity (Wildman–Crippen MR) is 87.3 cm³/mol. The molecule has 24 heavy (non-hydrogen) atoms. The summed E-state index contributed by atoms with van der Waals surface area (Å²) in [6, 6.07) is 0. The van der Waals surface area contributed by atoms with Gasteiger partial charge in [0.15, 0.2) is 0 Å². The molecule has 0 atom stereocenters. The van der Waals surface area contributed by atoms with E-state index in [1.165, 1.54) is 25.5 Å². The van der Waals surface area contributed by atoms with Crippen molar-refractivity contribution < 1.29 is 9.72 Å². The van der Waals surface area contributed by atoms with E-state index in [9.17, 15) is 14.9 Å². The van der Waals surface area contributed by atoms with Crippen molar-refractivity contribution in [3.05, 3.63) is 22.1 Å². The zero-order valence-electron chi connectivity index (χ0n) is 14.0. The summed E-state index contributed by atoms with van der Waals surface area (Å²) in [6.45, 7) is 2.16. The number of aryl methyl sites for hydroxylation is 2. The molecular formula is C17H24N4O3. The lowest BCUT2D eigenvalue weighted by atomic mass is 9.53. The highest BCUT2D eigenvalue weighted by atomic mass is 16.6. The Kier molecular flexibility index (Phi) is 3.62. The van der Waals surface area contributed by atoms with Gasteiger partial charge in [-0.3, -0.25) is 4.79 Å². The summed E-state index contributed by atoms with van der Waals surface area (Å²) in [5.41, 5.74) is 0.0296. The van der Waals surface area contributed by atoms with Gasteiger partial charge in [0.05, 0.1) is 0 Å². The average Bonchev–Trinajstić information content (AvgIpc) is 2.84. The number of nitrogens with one attached hydrogen (secondary N) is 1. The van der Waals surface area contributed by atoms with Crippen molar-refractivity contribution in [3.63, 3.8) is 0 Å². The van der Waals surface area contributed by atoms with Crippen LogP contribution in [0.3, 0.4) is 0 Å². The summed E-state index contributed by atoms with van der Waals surface area (Å²) < 4.78 is 1.69. The molecule has 130 valence electrons. The van der Waals surface area contributed by atoms with Crippen LogP contribution in [0.2, 0.25) is 0 Å². The first kappa shape index (κ1) is 15.6. The van der Waals surface area contributed by atoms with Crippen LogP contribution < -0.4 is 5.32 Å². The van der Waals surface area contributed by atoms with Crippen LogP contribution in [0.25, 0.3) is 0 Å². The second kappa shape index (κ2) is 5.57. The molecule has 0 spiro atoms. The first-order valence-electron chi connectivity index (χ1n) is 8.92. The first-order chi connectivity index (χ1) is 11.4. The molecule has 4 bridgehead atoms. The van der Waals surface area contributed by atoms with E-state index >= 15 is 0 Å². The van der Waals surface area contributed by atoms with E-state index < -0.39 is 4.92 Å². The molecule has 5 rings (SSSR count). The second-order valence-electron chi connectivity index (χ2n) is 8.09. The number of nitro groups is 1. The Bertz CT molecular complexity index is 646. The summed E-state index contributed by atoms with van der Waals surface area (Å²) in [7, 11) is 0. The number of aromatic nitrogens is 2. The maximum atomic E-state index is 12.5.